The lowest BCUT2D eigenvalue weighted by molar-refractivity contribution is -0.122. The van der Waals surface area contributed by atoms with E-state index in [1.165, 1.54) is 0 Å². The molecule has 4 N–H and O–H groups in total. The van der Waals surface area contributed by atoms with Crippen molar-refractivity contribution in [1.82, 2.24) is 4.90 Å². The van der Waals surface area contributed by atoms with E-state index in [4.69, 9.17) is 11.5 Å². The molecule has 1 atom stereocenters. The number of hydrogen-bond donors (Lipinski definition) is 2. The number of hydrogen-bond acceptors (Lipinski definition) is 3. The summed E-state index contributed by atoms with van der Waals surface area (Å²) in [4.78, 5) is 13.3. The SMILES string of the molecule is CCCN(CC(C)C(N)=O)C(C)(C)CN. The van der Waals surface area contributed by atoms with Gasteiger partial charge in [0.25, 0.3) is 0 Å². The molecule has 0 fully saturated rings. The van der Waals surface area contributed by atoms with Gasteiger partial charge in [-0.25, -0.2) is 0 Å². The Hall–Kier alpha value is -0.610. The van der Waals surface area contributed by atoms with Gasteiger partial charge in [0.15, 0.2) is 0 Å². The molecule has 0 rings (SSSR count). The molecular formula is C11H25N3O. The van der Waals surface area contributed by atoms with Gasteiger partial charge in [-0.2, -0.15) is 0 Å². The van der Waals surface area contributed by atoms with Crippen LogP contribution in [0.1, 0.15) is 34.1 Å². The van der Waals surface area contributed by atoms with Crippen molar-refractivity contribution in [3.63, 3.8) is 0 Å². The van der Waals surface area contributed by atoms with Crippen molar-refractivity contribution >= 4 is 5.91 Å². The third-order valence-electron chi connectivity index (χ3n) is 2.83. The van der Waals surface area contributed by atoms with Crippen LogP contribution >= 0.6 is 0 Å². The topological polar surface area (TPSA) is 72.3 Å². The highest BCUT2D eigenvalue weighted by Gasteiger charge is 2.26. The highest BCUT2D eigenvalue weighted by molar-refractivity contribution is 5.76. The summed E-state index contributed by atoms with van der Waals surface area (Å²) in [7, 11) is 0. The summed E-state index contributed by atoms with van der Waals surface area (Å²) in [6.07, 6.45) is 1.05. The smallest absolute Gasteiger partial charge is 0.221 e. The lowest BCUT2D eigenvalue weighted by Gasteiger charge is -2.38. The van der Waals surface area contributed by atoms with Gasteiger partial charge in [0.05, 0.1) is 0 Å². The maximum absolute atomic E-state index is 11.0. The largest absolute Gasteiger partial charge is 0.369 e. The third kappa shape index (κ3) is 4.62. The second kappa shape index (κ2) is 6.08. The first kappa shape index (κ1) is 14.4. The zero-order chi connectivity index (χ0) is 12.1. The van der Waals surface area contributed by atoms with Gasteiger partial charge in [-0.15, -0.1) is 0 Å². The number of amides is 1. The van der Waals surface area contributed by atoms with E-state index in [2.05, 4.69) is 25.7 Å². The molecule has 0 aliphatic carbocycles. The fourth-order valence-corrected chi connectivity index (χ4v) is 1.46. The van der Waals surface area contributed by atoms with Crippen molar-refractivity contribution in [2.75, 3.05) is 19.6 Å². The molecule has 0 saturated heterocycles. The van der Waals surface area contributed by atoms with Crippen LogP contribution in [0.2, 0.25) is 0 Å². The molecule has 1 unspecified atom stereocenters. The Kier molecular flexibility index (Phi) is 5.83. The molecule has 0 aliphatic rings. The minimum atomic E-state index is -0.246. The second-order valence-electron chi connectivity index (χ2n) is 4.77. The van der Waals surface area contributed by atoms with Crippen LogP contribution in [0.25, 0.3) is 0 Å². The van der Waals surface area contributed by atoms with E-state index >= 15 is 0 Å². The van der Waals surface area contributed by atoms with Gasteiger partial charge in [0, 0.05) is 24.5 Å². The molecule has 4 nitrogen and oxygen atoms in total. The monoisotopic (exact) mass is 215 g/mol. The van der Waals surface area contributed by atoms with Crippen LogP contribution in [0.3, 0.4) is 0 Å². The van der Waals surface area contributed by atoms with Crippen molar-refractivity contribution in [2.24, 2.45) is 17.4 Å². The van der Waals surface area contributed by atoms with Crippen LogP contribution in [0.15, 0.2) is 0 Å². The van der Waals surface area contributed by atoms with Gasteiger partial charge in [0.2, 0.25) is 5.91 Å². The quantitative estimate of drug-likeness (QED) is 0.651. The van der Waals surface area contributed by atoms with Crippen LogP contribution in [-0.4, -0.2) is 36.0 Å². The lowest BCUT2D eigenvalue weighted by Crippen LogP contribution is -2.52. The van der Waals surface area contributed by atoms with E-state index in [1.54, 1.807) is 0 Å². The standard InChI is InChI=1S/C11H25N3O/c1-5-6-14(11(3,4)8-12)7-9(2)10(13)15/h9H,5-8,12H2,1-4H3,(H2,13,15). The number of nitrogens with two attached hydrogens (primary N) is 2. The maximum atomic E-state index is 11.0. The summed E-state index contributed by atoms with van der Waals surface area (Å²) in [5.41, 5.74) is 10.9. The molecule has 15 heavy (non-hydrogen) atoms. The van der Waals surface area contributed by atoms with Crippen LogP contribution in [0.5, 0.6) is 0 Å². The molecule has 4 heteroatoms. The lowest BCUT2D eigenvalue weighted by atomic mass is 10.00. The van der Waals surface area contributed by atoms with Crippen molar-refractivity contribution in [1.29, 1.82) is 0 Å². The van der Waals surface area contributed by atoms with Crippen molar-refractivity contribution in [2.45, 2.75) is 39.7 Å². The summed E-state index contributed by atoms with van der Waals surface area (Å²) in [6.45, 7) is 10.4. The average Bonchev–Trinajstić information content (AvgIpc) is 2.16. The van der Waals surface area contributed by atoms with E-state index in [1.807, 2.05) is 6.92 Å². The van der Waals surface area contributed by atoms with Crippen molar-refractivity contribution in [3.8, 4) is 0 Å². The van der Waals surface area contributed by atoms with Gasteiger partial charge in [-0.1, -0.05) is 13.8 Å². The normalized spacial score (nSPS) is 14.3. The molecule has 0 bridgehead atoms. The molecule has 1 amide bonds. The first-order valence-corrected chi connectivity index (χ1v) is 5.59. The minimum absolute atomic E-state index is 0.0697. The van der Waals surface area contributed by atoms with Crippen LogP contribution in [0.4, 0.5) is 0 Å². The van der Waals surface area contributed by atoms with E-state index in [-0.39, 0.29) is 17.4 Å². The molecular weight excluding hydrogens is 190 g/mol. The number of primary amides is 1. The fraction of sp³-hybridized carbons (Fsp3) is 0.909. The predicted octanol–water partition coefficient (Wildman–Crippen LogP) is 0.557. The summed E-state index contributed by atoms with van der Waals surface area (Å²) < 4.78 is 0. The Morgan fingerprint density at radius 2 is 2.00 bits per heavy atom. The predicted molar refractivity (Wildman–Crippen MR) is 63.4 cm³/mol. The number of carbonyl (C=O) groups is 1. The first-order valence-electron chi connectivity index (χ1n) is 5.59. The van der Waals surface area contributed by atoms with Gasteiger partial charge in [0.1, 0.15) is 0 Å². The van der Waals surface area contributed by atoms with E-state index < -0.39 is 0 Å². The minimum Gasteiger partial charge on any atom is -0.369 e. The van der Waals surface area contributed by atoms with E-state index in [0.717, 1.165) is 13.0 Å². The average molecular weight is 215 g/mol. The van der Waals surface area contributed by atoms with Gasteiger partial charge < -0.3 is 11.5 Å². The highest BCUT2D eigenvalue weighted by atomic mass is 16.1. The van der Waals surface area contributed by atoms with Gasteiger partial charge in [-0.05, 0) is 26.8 Å². The third-order valence-corrected chi connectivity index (χ3v) is 2.83. The van der Waals surface area contributed by atoms with Crippen LogP contribution < -0.4 is 11.5 Å². The van der Waals surface area contributed by atoms with Gasteiger partial charge >= 0.3 is 0 Å². The van der Waals surface area contributed by atoms with E-state index in [9.17, 15) is 4.79 Å². The summed E-state index contributed by atoms with van der Waals surface area (Å²) in [5, 5.41) is 0. The van der Waals surface area contributed by atoms with Crippen LogP contribution in [0, 0.1) is 5.92 Å². The Morgan fingerprint density at radius 1 is 1.47 bits per heavy atom. The Balaban J connectivity index is 4.46. The fourth-order valence-electron chi connectivity index (χ4n) is 1.46. The highest BCUT2D eigenvalue weighted by Crippen LogP contribution is 2.15. The molecule has 0 aliphatic heterocycles. The molecule has 0 aromatic carbocycles. The molecule has 0 heterocycles. The summed E-state index contributed by atoms with van der Waals surface area (Å²) in [5.74, 6) is -0.369. The molecule has 0 radical (unpaired) electrons. The van der Waals surface area contributed by atoms with Crippen molar-refractivity contribution < 1.29 is 4.79 Å². The van der Waals surface area contributed by atoms with Crippen LogP contribution in [-0.2, 0) is 4.79 Å². The molecule has 0 spiro atoms. The molecule has 0 aromatic heterocycles. The first-order chi connectivity index (χ1) is 6.85. The molecule has 0 aromatic rings. The number of rotatable bonds is 7. The van der Waals surface area contributed by atoms with E-state index in [0.29, 0.717) is 13.1 Å². The zero-order valence-corrected chi connectivity index (χ0v) is 10.4. The zero-order valence-electron chi connectivity index (χ0n) is 10.4. The number of nitrogens with zero attached hydrogens (tertiary/aromatic N) is 1. The Morgan fingerprint density at radius 3 is 2.33 bits per heavy atom. The van der Waals surface area contributed by atoms with Gasteiger partial charge in [-0.3, -0.25) is 9.69 Å². The molecule has 90 valence electrons. The summed E-state index contributed by atoms with van der Waals surface area (Å²) >= 11 is 0. The maximum Gasteiger partial charge on any atom is 0.221 e. The number of carbonyl (C=O) groups excluding carboxylic acids is 1. The van der Waals surface area contributed by atoms with Crippen molar-refractivity contribution in [3.05, 3.63) is 0 Å². The summed E-state index contributed by atoms with van der Waals surface area (Å²) in [6, 6.07) is 0. The molecule has 0 saturated carbocycles. The Labute approximate surface area is 93.0 Å². The second-order valence-corrected chi connectivity index (χ2v) is 4.77. The Bertz CT molecular complexity index is 204.